The highest BCUT2D eigenvalue weighted by molar-refractivity contribution is 8.04. The number of hydrogen-bond donors (Lipinski definition) is 1. The summed E-state index contributed by atoms with van der Waals surface area (Å²) in [6, 6.07) is 5.38. The van der Waals surface area contributed by atoms with Gasteiger partial charge in [-0.15, -0.1) is 11.8 Å². The molecule has 7 heteroatoms. The number of rotatable bonds is 6. The second kappa shape index (κ2) is 8.47. The van der Waals surface area contributed by atoms with Crippen LogP contribution in [0.15, 0.2) is 33.8 Å². The van der Waals surface area contributed by atoms with Crippen LogP contribution in [-0.2, 0) is 9.53 Å². The first-order valence-electron chi connectivity index (χ1n) is 9.45. The third-order valence-electron chi connectivity index (χ3n) is 4.77. The van der Waals surface area contributed by atoms with E-state index < -0.39 is 6.04 Å². The number of ether oxygens (including phenoxy) is 3. The van der Waals surface area contributed by atoms with Crippen molar-refractivity contribution in [2.75, 3.05) is 31.9 Å². The SMILES string of the molecule is CCOC(=O)C1CSC2=C(Nc3ccc(OC)c(OC)c3)CC(C)(C)CC2=N1. The number of esters is 1. The third-order valence-corrected chi connectivity index (χ3v) is 6.03. The van der Waals surface area contributed by atoms with Gasteiger partial charge in [-0.1, -0.05) is 13.8 Å². The topological polar surface area (TPSA) is 69.2 Å². The number of nitrogens with zero attached hydrogens (tertiary/aromatic N) is 1. The Kier molecular flexibility index (Phi) is 6.23. The summed E-state index contributed by atoms with van der Waals surface area (Å²) in [5.41, 5.74) is 3.12. The average molecular weight is 405 g/mol. The van der Waals surface area contributed by atoms with Gasteiger partial charge in [-0.05, 0) is 37.3 Å². The molecule has 6 nitrogen and oxygen atoms in total. The molecule has 0 spiro atoms. The van der Waals surface area contributed by atoms with E-state index in [1.807, 2.05) is 25.1 Å². The molecular weight excluding hydrogens is 376 g/mol. The zero-order valence-electron chi connectivity index (χ0n) is 17.1. The minimum absolute atomic E-state index is 0.0539. The second-order valence-corrected chi connectivity index (χ2v) is 8.71. The summed E-state index contributed by atoms with van der Waals surface area (Å²) in [6.45, 7) is 6.65. The lowest BCUT2D eigenvalue weighted by molar-refractivity contribution is -0.143. The molecular formula is C21H28N2O4S. The molecule has 0 radical (unpaired) electrons. The molecule has 1 N–H and O–H groups in total. The Bertz CT molecular complexity index is 817. The lowest BCUT2D eigenvalue weighted by Gasteiger charge is -2.36. The molecule has 0 aromatic heterocycles. The first-order valence-corrected chi connectivity index (χ1v) is 10.4. The van der Waals surface area contributed by atoms with Gasteiger partial charge in [0.15, 0.2) is 17.5 Å². The van der Waals surface area contributed by atoms with Crippen molar-refractivity contribution < 1.29 is 19.0 Å². The molecule has 152 valence electrons. The highest BCUT2D eigenvalue weighted by Crippen LogP contribution is 2.44. The van der Waals surface area contributed by atoms with Crippen LogP contribution in [0.25, 0.3) is 0 Å². The molecule has 28 heavy (non-hydrogen) atoms. The number of nitrogens with one attached hydrogen (secondary N) is 1. The number of hydrogen-bond acceptors (Lipinski definition) is 7. The van der Waals surface area contributed by atoms with Gasteiger partial charge in [0.05, 0.1) is 26.5 Å². The fourth-order valence-corrected chi connectivity index (χ4v) is 4.66. The summed E-state index contributed by atoms with van der Waals surface area (Å²) in [7, 11) is 3.26. The number of anilines is 1. The molecule has 0 bridgehead atoms. The van der Waals surface area contributed by atoms with E-state index in [4.69, 9.17) is 19.2 Å². The zero-order chi connectivity index (χ0) is 20.3. The van der Waals surface area contributed by atoms with Crippen LogP contribution in [0, 0.1) is 5.41 Å². The molecule has 1 atom stereocenters. The average Bonchev–Trinajstić information content (AvgIpc) is 2.66. The highest BCUT2D eigenvalue weighted by Gasteiger charge is 2.36. The number of fused-ring (bicyclic) bond motifs is 1. The van der Waals surface area contributed by atoms with E-state index in [0.717, 1.165) is 34.8 Å². The minimum atomic E-state index is -0.417. The molecule has 1 aromatic rings. The van der Waals surface area contributed by atoms with Gasteiger partial charge in [-0.2, -0.15) is 0 Å². The number of carbonyl (C=O) groups is 1. The van der Waals surface area contributed by atoms with Crippen molar-refractivity contribution in [3.8, 4) is 11.5 Å². The van der Waals surface area contributed by atoms with E-state index in [0.29, 0.717) is 23.9 Å². The first kappa shape index (κ1) is 20.6. The van der Waals surface area contributed by atoms with Crippen LogP contribution in [0.2, 0.25) is 0 Å². The van der Waals surface area contributed by atoms with Gasteiger partial charge in [0, 0.05) is 28.1 Å². The monoisotopic (exact) mass is 404 g/mol. The number of allylic oxidation sites excluding steroid dienone is 2. The summed E-state index contributed by atoms with van der Waals surface area (Å²) in [6.07, 6.45) is 1.76. The maximum Gasteiger partial charge on any atom is 0.331 e. The summed E-state index contributed by atoms with van der Waals surface area (Å²) in [4.78, 5) is 18.0. The predicted octanol–water partition coefficient (Wildman–Crippen LogP) is 4.27. The van der Waals surface area contributed by atoms with Gasteiger partial charge in [0.25, 0.3) is 0 Å². The van der Waals surface area contributed by atoms with Crippen LogP contribution in [-0.4, -0.2) is 44.3 Å². The van der Waals surface area contributed by atoms with Crippen LogP contribution in [0.4, 0.5) is 5.69 Å². The molecule has 1 heterocycles. The lowest BCUT2D eigenvalue weighted by Crippen LogP contribution is -2.34. The van der Waals surface area contributed by atoms with Crippen molar-refractivity contribution in [3.63, 3.8) is 0 Å². The number of aliphatic imine (C=N–C) groups is 1. The number of thioether (sulfide) groups is 1. The minimum Gasteiger partial charge on any atom is -0.493 e. The second-order valence-electron chi connectivity index (χ2n) is 7.67. The van der Waals surface area contributed by atoms with Crippen LogP contribution in [0.1, 0.15) is 33.6 Å². The van der Waals surface area contributed by atoms with E-state index in [9.17, 15) is 4.79 Å². The molecule has 0 saturated carbocycles. The smallest absolute Gasteiger partial charge is 0.331 e. The van der Waals surface area contributed by atoms with Crippen molar-refractivity contribution in [3.05, 3.63) is 28.8 Å². The van der Waals surface area contributed by atoms with Crippen LogP contribution in [0.5, 0.6) is 11.5 Å². The van der Waals surface area contributed by atoms with E-state index in [2.05, 4.69) is 19.2 Å². The molecule has 1 aliphatic heterocycles. The van der Waals surface area contributed by atoms with Gasteiger partial charge in [-0.3, -0.25) is 4.99 Å². The first-order chi connectivity index (χ1) is 13.4. The third kappa shape index (κ3) is 4.46. The van der Waals surface area contributed by atoms with Crippen molar-refractivity contribution in [2.24, 2.45) is 10.4 Å². The Morgan fingerprint density at radius 1 is 1.25 bits per heavy atom. The fraction of sp³-hybridized carbons (Fsp3) is 0.524. The number of carbonyl (C=O) groups excluding carboxylic acids is 1. The van der Waals surface area contributed by atoms with E-state index in [-0.39, 0.29) is 11.4 Å². The Morgan fingerprint density at radius 3 is 2.68 bits per heavy atom. The molecule has 1 aliphatic carbocycles. The fourth-order valence-electron chi connectivity index (χ4n) is 3.54. The summed E-state index contributed by atoms with van der Waals surface area (Å²) < 4.78 is 15.9. The summed E-state index contributed by atoms with van der Waals surface area (Å²) >= 11 is 1.68. The molecule has 3 rings (SSSR count). The summed E-state index contributed by atoms with van der Waals surface area (Å²) in [5, 5.41) is 3.56. The van der Waals surface area contributed by atoms with E-state index in [1.165, 1.54) is 0 Å². The highest BCUT2D eigenvalue weighted by atomic mass is 32.2. The Balaban J connectivity index is 1.91. The molecule has 0 saturated heterocycles. The predicted molar refractivity (Wildman–Crippen MR) is 114 cm³/mol. The van der Waals surface area contributed by atoms with Gasteiger partial charge in [-0.25, -0.2) is 4.79 Å². The Hall–Kier alpha value is -2.15. The van der Waals surface area contributed by atoms with Gasteiger partial charge in [0.1, 0.15) is 0 Å². The summed E-state index contributed by atoms with van der Waals surface area (Å²) in [5.74, 6) is 1.75. The van der Waals surface area contributed by atoms with Crippen molar-refractivity contribution >= 4 is 29.1 Å². The Labute approximate surface area is 170 Å². The van der Waals surface area contributed by atoms with Gasteiger partial charge < -0.3 is 19.5 Å². The van der Waals surface area contributed by atoms with E-state index in [1.54, 1.807) is 26.0 Å². The van der Waals surface area contributed by atoms with Crippen LogP contribution in [0.3, 0.4) is 0 Å². The van der Waals surface area contributed by atoms with Crippen LogP contribution >= 0.6 is 11.8 Å². The lowest BCUT2D eigenvalue weighted by atomic mass is 9.78. The normalized spacial score (nSPS) is 20.8. The van der Waals surface area contributed by atoms with E-state index >= 15 is 0 Å². The quantitative estimate of drug-likeness (QED) is 0.714. The largest absolute Gasteiger partial charge is 0.493 e. The Morgan fingerprint density at radius 2 is 2.00 bits per heavy atom. The van der Waals surface area contributed by atoms with Crippen molar-refractivity contribution in [1.29, 1.82) is 0 Å². The van der Waals surface area contributed by atoms with Gasteiger partial charge >= 0.3 is 5.97 Å². The maximum absolute atomic E-state index is 12.1. The molecule has 1 aromatic carbocycles. The van der Waals surface area contributed by atoms with Crippen LogP contribution < -0.4 is 14.8 Å². The molecule has 2 aliphatic rings. The molecule has 1 unspecified atom stereocenters. The number of benzene rings is 1. The zero-order valence-corrected chi connectivity index (χ0v) is 17.9. The number of methoxy groups -OCH3 is 2. The van der Waals surface area contributed by atoms with Crippen molar-refractivity contribution in [2.45, 2.75) is 39.7 Å². The maximum atomic E-state index is 12.1. The standard InChI is InChI=1S/C21H28N2O4S/c1-6-27-20(24)16-12-28-19-14(10-21(2,3)11-15(19)23-16)22-13-7-8-17(25-4)18(9-13)26-5/h7-9,16,22H,6,10-12H2,1-5H3. The molecule has 0 fully saturated rings. The van der Waals surface area contributed by atoms with Crippen molar-refractivity contribution in [1.82, 2.24) is 0 Å². The molecule has 0 amide bonds. The van der Waals surface area contributed by atoms with Gasteiger partial charge in [0.2, 0.25) is 0 Å².